The highest BCUT2D eigenvalue weighted by atomic mass is 35.5. The first-order valence-corrected chi connectivity index (χ1v) is 5.56. The van der Waals surface area contributed by atoms with Gasteiger partial charge < -0.3 is 10.1 Å². The molecule has 0 unspecified atom stereocenters. The molecule has 0 radical (unpaired) electrons. The molecule has 94 valence electrons. The number of methoxy groups -OCH3 is 1. The van der Waals surface area contributed by atoms with Crippen LogP contribution in [0.15, 0.2) is 18.3 Å². The second-order valence-electron chi connectivity index (χ2n) is 3.99. The molecule has 1 aliphatic heterocycles. The summed E-state index contributed by atoms with van der Waals surface area (Å²) in [6.45, 7) is 2.12. The van der Waals surface area contributed by atoms with Crippen LogP contribution < -0.4 is 5.32 Å². The molecule has 1 aromatic heterocycles. The summed E-state index contributed by atoms with van der Waals surface area (Å²) in [6.07, 6.45) is 4.07. The molecule has 0 amide bonds. The van der Waals surface area contributed by atoms with E-state index in [1.54, 1.807) is 12.3 Å². The van der Waals surface area contributed by atoms with E-state index >= 15 is 0 Å². The third kappa shape index (κ3) is 3.41. The molecule has 1 fully saturated rings. The number of carbonyl (C=O) groups is 1. The van der Waals surface area contributed by atoms with Gasteiger partial charge in [0.2, 0.25) is 0 Å². The highest BCUT2D eigenvalue weighted by molar-refractivity contribution is 5.87. The Bertz CT molecular complexity index is 361. The molecule has 4 nitrogen and oxygen atoms in total. The number of esters is 1. The third-order valence-electron chi connectivity index (χ3n) is 2.99. The van der Waals surface area contributed by atoms with Crippen molar-refractivity contribution >= 4 is 18.4 Å². The Kier molecular flexibility index (Phi) is 5.38. The minimum absolute atomic E-state index is 0. The van der Waals surface area contributed by atoms with Gasteiger partial charge in [0.15, 0.2) is 0 Å². The third-order valence-corrected chi connectivity index (χ3v) is 2.99. The monoisotopic (exact) mass is 256 g/mol. The summed E-state index contributed by atoms with van der Waals surface area (Å²) < 4.78 is 4.61. The van der Waals surface area contributed by atoms with Crippen molar-refractivity contribution in [3.05, 3.63) is 29.6 Å². The molecule has 1 N–H and O–H groups in total. The maximum absolute atomic E-state index is 11.2. The second kappa shape index (κ2) is 6.57. The molecule has 1 saturated heterocycles. The number of carbonyl (C=O) groups excluding carboxylic acids is 1. The van der Waals surface area contributed by atoms with Crippen LogP contribution in [0.4, 0.5) is 0 Å². The van der Waals surface area contributed by atoms with E-state index in [2.05, 4.69) is 15.0 Å². The van der Waals surface area contributed by atoms with Crippen molar-refractivity contribution in [2.75, 3.05) is 20.2 Å². The van der Waals surface area contributed by atoms with E-state index in [0.29, 0.717) is 11.6 Å². The van der Waals surface area contributed by atoms with Crippen molar-refractivity contribution in [1.29, 1.82) is 0 Å². The van der Waals surface area contributed by atoms with Gasteiger partial charge in [0, 0.05) is 6.20 Å². The number of ether oxygens (including phenoxy) is 1. The zero-order chi connectivity index (χ0) is 11.4. The smallest absolute Gasteiger partial charge is 0.356 e. The molecule has 0 bridgehead atoms. The van der Waals surface area contributed by atoms with Crippen LogP contribution in [0.25, 0.3) is 0 Å². The lowest BCUT2D eigenvalue weighted by Gasteiger charge is -2.22. The van der Waals surface area contributed by atoms with E-state index in [1.807, 2.05) is 6.07 Å². The minimum atomic E-state index is -0.378. The number of nitrogens with zero attached hydrogens (tertiary/aromatic N) is 1. The number of halogens is 1. The van der Waals surface area contributed by atoms with Crippen LogP contribution >= 0.6 is 12.4 Å². The highest BCUT2D eigenvalue weighted by Crippen LogP contribution is 2.24. The largest absolute Gasteiger partial charge is 0.464 e. The van der Waals surface area contributed by atoms with Gasteiger partial charge in [-0.2, -0.15) is 0 Å². The van der Waals surface area contributed by atoms with Crippen molar-refractivity contribution in [2.24, 2.45) is 0 Å². The highest BCUT2D eigenvalue weighted by Gasteiger charge is 2.16. The maximum Gasteiger partial charge on any atom is 0.356 e. The maximum atomic E-state index is 11.2. The van der Waals surface area contributed by atoms with Gasteiger partial charge in [0.25, 0.3) is 0 Å². The number of piperidine rings is 1. The van der Waals surface area contributed by atoms with E-state index in [-0.39, 0.29) is 18.4 Å². The fourth-order valence-electron chi connectivity index (χ4n) is 2.03. The Morgan fingerprint density at radius 2 is 2.12 bits per heavy atom. The topological polar surface area (TPSA) is 51.2 Å². The number of hydrogen-bond acceptors (Lipinski definition) is 4. The summed E-state index contributed by atoms with van der Waals surface area (Å²) in [5.74, 6) is 0.192. The number of rotatable bonds is 2. The summed E-state index contributed by atoms with van der Waals surface area (Å²) in [5.41, 5.74) is 1.59. The first-order chi connectivity index (χ1) is 7.81. The first kappa shape index (κ1) is 13.9. The van der Waals surface area contributed by atoms with E-state index in [4.69, 9.17) is 0 Å². The van der Waals surface area contributed by atoms with Crippen LogP contribution in [-0.2, 0) is 4.74 Å². The van der Waals surface area contributed by atoms with Gasteiger partial charge in [-0.1, -0.05) is 6.07 Å². The van der Waals surface area contributed by atoms with Crippen LogP contribution in [0.5, 0.6) is 0 Å². The van der Waals surface area contributed by atoms with E-state index in [1.165, 1.54) is 12.7 Å². The standard InChI is InChI=1S/C12H16N2O2.ClH/c1-16-12(15)11-3-2-10(8-14-11)9-4-6-13-7-5-9;/h2-3,8-9,13H,4-7H2,1H3;1H. The van der Waals surface area contributed by atoms with Crippen molar-refractivity contribution in [1.82, 2.24) is 10.3 Å². The molecule has 0 atom stereocenters. The van der Waals surface area contributed by atoms with Crippen molar-refractivity contribution in [3.63, 3.8) is 0 Å². The van der Waals surface area contributed by atoms with E-state index in [9.17, 15) is 4.79 Å². The molecular weight excluding hydrogens is 240 g/mol. The summed E-state index contributed by atoms with van der Waals surface area (Å²) >= 11 is 0. The zero-order valence-corrected chi connectivity index (χ0v) is 10.6. The molecule has 0 aromatic carbocycles. The molecular formula is C12H17ClN2O2. The molecule has 2 heterocycles. The average Bonchev–Trinajstić information content (AvgIpc) is 2.39. The molecule has 0 spiro atoms. The van der Waals surface area contributed by atoms with Crippen LogP contribution in [0.1, 0.15) is 34.8 Å². The van der Waals surface area contributed by atoms with Crippen molar-refractivity contribution in [3.8, 4) is 0 Å². The Morgan fingerprint density at radius 1 is 1.41 bits per heavy atom. The zero-order valence-electron chi connectivity index (χ0n) is 9.81. The van der Waals surface area contributed by atoms with Crippen LogP contribution in [0.3, 0.4) is 0 Å². The van der Waals surface area contributed by atoms with Gasteiger partial charge in [-0.3, -0.25) is 0 Å². The van der Waals surface area contributed by atoms with E-state index in [0.717, 1.165) is 25.9 Å². The summed E-state index contributed by atoms with van der Waals surface area (Å²) in [7, 11) is 1.37. The molecule has 17 heavy (non-hydrogen) atoms. The molecule has 5 heteroatoms. The lowest BCUT2D eigenvalue weighted by molar-refractivity contribution is 0.0594. The molecule has 2 rings (SSSR count). The number of aromatic nitrogens is 1. The Morgan fingerprint density at radius 3 is 2.65 bits per heavy atom. The first-order valence-electron chi connectivity index (χ1n) is 5.56. The Balaban J connectivity index is 0.00000144. The summed E-state index contributed by atoms with van der Waals surface area (Å²) in [5, 5.41) is 3.33. The van der Waals surface area contributed by atoms with Gasteiger partial charge in [0.05, 0.1) is 7.11 Å². The average molecular weight is 257 g/mol. The predicted octanol–water partition coefficient (Wildman–Crippen LogP) is 1.76. The molecule has 1 aliphatic rings. The Hall–Kier alpha value is -1.13. The normalized spacial score (nSPS) is 16.1. The summed E-state index contributed by atoms with van der Waals surface area (Å²) in [6, 6.07) is 3.72. The van der Waals surface area contributed by atoms with Gasteiger partial charge in [-0.15, -0.1) is 12.4 Å². The number of pyridine rings is 1. The molecule has 1 aromatic rings. The van der Waals surface area contributed by atoms with Crippen molar-refractivity contribution < 1.29 is 9.53 Å². The second-order valence-corrected chi connectivity index (χ2v) is 3.99. The molecule has 0 saturated carbocycles. The fraction of sp³-hybridized carbons (Fsp3) is 0.500. The lowest BCUT2D eigenvalue weighted by Crippen LogP contribution is -2.26. The van der Waals surface area contributed by atoms with Gasteiger partial charge in [-0.25, -0.2) is 9.78 Å². The van der Waals surface area contributed by atoms with Crippen LogP contribution in [0.2, 0.25) is 0 Å². The summed E-state index contributed by atoms with van der Waals surface area (Å²) in [4.78, 5) is 15.3. The quantitative estimate of drug-likeness (QED) is 0.820. The van der Waals surface area contributed by atoms with Crippen LogP contribution in [-0.4, -0.2) is 31.2 Å². The predicted molar refractivity (Wildman–Crippen MR) is 67.7 cm³/mol. The van der Waals surface area contributed by atoms with E-state index < -0.39 is 0 Å². The minimum Gasteiger partial charge on any atom is -0.464 e. The number of hydrogen-bond donors (Lipinski definition) is 1. The fourth-order valence-corrected chi connectivity index (χ4v) is 2.03. The van der Waals surface area contributed by atoms with Crippen molar-refractivity contribution in [2.45, 2.75) is 18.8 Å². The SMILES string of the molecule is COC(=O)c1ccc(C2CCNCC2)cn1.Cl. The molecule has 0 aliphatic carbocycles. The van der Waals surface area contributed by atoms with Crippen LogP contribution in [0, 0.1) is 0 Å². The van der Waals surface area contributed by atoms with Gasteiger partial charge in [0.1, 0.15) is 5.69 Å². The lowest BCUT2D eigenvalue weighted by atomic mass is 9.91. The number of nitrogens with one attached hydrogen (secondary N) is 1. The van der Waals surface area contributed by atoms with Gasteiger partial charge >= 0.3 is 5.97 Å². The van der Waals surface area contributed by atoms with Gasteiger partial charge in [-0.05, 0) is 43.5 Å². The Labute approximate surface area is 107 Å².